The van der Waals surface area contributed by atoms with Crippen molar-refractivity contribution in [3.05, 3.63) is 35.8 Å². The summed E-state index contributed by atoms with van der Waals surface area (Å²) >= 11 is 0. The van der Waals surface area contributed by atoms with E-state index in [0.29, 0.717) is 32.0 Å². The molecule has 144 valence electrons. The van der Waals surface area contributed by atoms with Crippen molar-refractivity contribution < 1.29 is 9.18 Å². The maximum atomic E-state index is 13.4. The van der Waals surface area contributed by atoms with E-state index in [1.165, 1.54) is 6.07 Å². The van der Waals surface area contributed by atoms with Gasteiger partial charge in [-0.1, -0.05) is 6.92 Å². The van der Waals surface area contributed by atoms with Crippen LogP contribution in [0.25, 0.3) is 10.9 Å². The largest absolute Gasteiger partial charge is 0.361 e. The molecule has 1 aromatic heterocycles. The summed E-state index contributed by atoms with van der Waals surface area (Å²) < 4.78 is 13.4. The van der Waals surface area contributed by atoms with Crippen LogP contribution in [0.1, 0.15) is 25.3 Å². The Hall–Kier alpha value is -1.84. The first-order valence-corrected chi connectivity index (χ1v) is 8.60. The molecular formula is C18H27FIN5O. The number of hydrogen-bond acceptors (Lipinski definition) is 2. The summed E-state index contributed by atoms with van der Waals surface area (Å²) in [6.07, 6.45) is 3.98. The lowest BCUT2D eigenvalue weighted by Crippen LogP contribution is -2.40. The Morgan fingerprint density at radius 1 is 1.19 bits per heavy atom. The number of fused-ring (bicyclic) bond motifs is 1. The Kier molecular flexibility index (Phi) is 10.0. The van der Waals surface area contributed by atoms with Crippen molar-refractivity contribution in [2.45, 2.75) is 26.2 Å². The van der Waals surface area contributed by atoms with Crippen LogP contribution in [-0.2, 0) is 11.2 Å². The number of halogens is 2. The Balaban J connectivity index is 0.00000338. The van der Waals surface area contributed by atoms with Crippen molar-refractivity contribution in [2.75, 3.05) is 26.7 Å². The molecule has 0 radical (unpaired) electrons. The molecule has 0 spiro atoms. The highest BCUT2D eigenvalue weighted by molar-refractivity contribution is 14.0. The zero-order valence-electron chi connectivity index (χ0n) is 15.2. The smallest absolute Gasteiger partial charge is 0.221 e. The van der Waals surface area contributed by atoms with Crippen molar-refractivity contribution in [3.63, 3.8) is 0 Å². The minimum atomic E-state index is -0.236. The first kappa shape index (κ1) is 22.2. The van der Waals surface area contributed by atoms with Gasteiger partial charge in [0.2, 0.25) is 5.91 Å². The van der Waals surface area contributed by atoms with E-state index in [-0.39, 0.29) is 35.7 Å². The van der Waals surface area contributed by atoms with Crippen LogP contribution in [0.3, 0.4) is 0 Å². The van der Waals surface area contributed by atoms with Gasteiger partial charge in [0.1, 0.15) is 5.82 Å². The number of rotatable bonds is 8. The Morgan fingerprint density at radius 2 is 1.96 bits per heavy atom. The van der Waals surface area contributed by atoms with E-state index in [1.54, 1.807) is 19.2 Å². The van der Waals surface area contributed by atoms with Crippen LogP contribution in [-0.4, -0.2) is 43.5 Å². The summed E-state index contributed by atoms with van der Waals surface area (Å²) in [5.74, 6) is 0.445. The molecule has 1 aromatic carbocycles. The van der Waals surface area contributed by atoms with Gasteiger partial charge in [0.05, 0.1) is 0 Å². The average Bonchev–Trinajstić information content (AvgIpc) is 3.00. The zero-order valence-corrected chi connectivity index (χ0v) is 17.5. The van der Waals surface area contributed by atoms with E-state index in [2.05, 4.69) is 25.9 Å². The Morgan fingerprint density at radius 3 is 2.69 bits per heavy atom. The van der Waals surface area contributed by atoms with Crippen molar-refractivity contribution >= 4 is 46.7 Å². The van der Waals surface area contributed by atoms with E-state index in [9.17, 15) is 9.18 Å². The molecule has 0 saturated carbocycles. The number of carbonyl (C=O) groups excluding carboxylic acids is 1. The van der Waals surface area contributed by atoms with Gasteiger partial charge < -0.3 is 20.9 Å². The molecule has 4 N–H and O–H groups in total. The van der Waals surface area contributed by atoms with Crippen LogP contribution in [0.5, 0.6) is 0 Å². The highest BCUT2D eigenvalue weighted by Crippen LogP contribution is 2.19. The Labute approximate surface area is 170 Å². The molecule has 0 saturated heterocycles. The van der Waals surface area contributed by atoms with Crippen LogP contribution in [0.2, 0.25) is 0 Å². The normalized spacial score (nSPS) is 11.1. The predicted octanol–water partition coefficient (Wildman–Crippen LogP) is 2.55. The maximum Gasteiger partial charge on any atom is 0.221 e. The number of carbonyl (C=O) groups is 1. The Bertz CT molecular complexity index is 731. The molecule has 0 fully saturated rings. The lowest BCUT2D eigenvalue weighted by atomic mass is 10.1. The predicted molar refractivity (Wildman–Crippen MR) is 115 cm³/mol. The third-order valence-corrected chi connectivity index (χ3v) is 3.86. The number of hydrogen-bond donors (Lipinski definition) is 4. The van der Waals surface area contributed by atoms with Crippen molar-refractivity contribution in [3.8, 4) is 0 Å². The molecule has 1 amide bonds. The van der Waals surface area contributed by atoms with E-state index in [1.807, 2.05) is 13.1 Å². The van der Waals surface area contributed by atoms with Gasteiger partial charge in [0.15, 0.2) is 5.96 Å². The number of aliphatic imine (C=N–C) groups is 1. The van der Waals surface area contributed by atoms with Crippen LogP contribution >= 0.6 is 24.0 Å². The maximum absolute atomic E-state index is 13.4. The monoisotopic (exact) mass is 475 g/mol. The number of guanidine groups is 1. The van der Waals surface area contributed by atoms with Crippen LogP contribution < -0.4 is 16.0 Å². The standard InChI is InChI=1S/C18H26FN5O.HI/c1-3-8-21-17(25)7-10-23-18(20-2)22-9-6-13-12-24-16-5-4-14(19)11-15(13)16;/h4-5,11-12,24H,3,6-10H2,1-2H3,(H,21,25)(H2,20,22,23);1H. The number of nitrogens with one attached hydrogen (secondary N) is 4. The topological polar surface area (TPSA) is 81.3 Å². The van der Waals surface area contributed by atoms with Gasteiger partial charge in [-0.3, -0.25) is 9.79 Å². The van der Waals surface area contributed by atoms with Gasteiger partial charge >= 0.3 is 0 Å². The average molecular weight is 475 g/mol. The van der Waals surface area contributed by atoms with Crippen molar-refractivity contribution in [1.29, 1.82) is 0 Å². The lowest BCUT2D eigenvalue weighted by molar-refractivity contribution is -0.120. The molecule has 0 aliphatic carbocycles. The molecule has 1 heterocycles. The number of benzene rings is 1. The SMILES string of the molecule is CCCNC(=O)CCNC(=NC)NCCc1c[nH]c2ccc(F)cc12.I. The summed E-state index contributed by atoms with van der Waals surface area (Å²) in [6.45, 7) is 3.90. The molecular weight excluding hydrogens is 448 g/mol. The molecule has 6 nitrogen and oxygen atoms in total. The quantitative estimate of drug-likeness (QED) is 0.269. The van der Waals surface area contributed by atoms with Crippen molar-refractivity contribution in [1.82, 2.24) is 20.9 Å². The summed E-state index contributed by atoms with van der Waals surface area (Å²) in [5, 5.41) is 10.1. The second-order valence-electron chi connectivity index (χ2n) is 5.78. The van der Waals surface area contributed by atoms with E-state index < -0.39 is 0 Å². The molecule has 0 aliphatic rings. The molecule has 0 bridgehead atoms. The highest BCUT2D eigenvalue weighted by atomic mass is 127. The summed E-state index contributed by atoms with van der Waals surface area (Å²) in [5.41, 5.74) is 1.98. The van der Waals surface area contributed by atoms with E-state index >= 15 is 0 Å². The molecule has 26 heavy (non-hydrogen) atoms. The zero-order chi connectivity index (χ0) is 18.1. The number of H-pyrrole nitrogens is 1. The second-order valence-corrected chi connectivity index (χ2v) is 5.78. The van der Waals surface area contributed by atoms with Gasteiger partial charge in [-0.2, -0.15) is 0 Å². The lowest BCUT2D eigenvalue weighted by Gasteiger charge is -2.11. The highest BCUT2D eigenvalue weighted by Gasteiger charge is 2.06. The van der Waals surface area contributed by atoms with E-state index in [4.69, 9.17) is 0 Å². The number of aromatic nitrogens is 1. The fourth-order valence-corrected chi connectivity index (χ4v) is 2.54. The number of nitrogens with zero attached hydrogens (tertiary/aromatic N) is 1. The van der Waals surface area contributed by atoms with Gasteiger partial charge in [-0.25, -0.2) is 4.39 Å². The van der Waals surface area contributed by atoms with Crippen LogP contribution in [0.4, 0.5) is 4.39 Å². The first-order valence-electron chi connectivity index (χ1n) is 8.60. The second kappa shape index (κ2) is 11.7. The number of amides is 1. The van der Waals surface area contributed by atoms with Crippen LogP contribution in [0, 0.1) is 5.82 Å². The third kappa shape index (κ3) is 6.81. The van der Waals surface area contributed by atoms with E-state index in [0.717, 1.165) is 29.3 Å². The van der Waals surface area contributed by atoms with Crippen molar-refractivity contribution in [2.24, 2.45) is 4.99 Å². The fraction of sp³-hybridized carbons (Fsp3) is 0.444. The minimum Gasteiger partial charge on any atom is -0.361 e. The molecule has 2 rings (SSSR count). The van der Waals surface area contributed by atoms with Crippen LogP contribution in [0.15, 0.2) is 29.4 Å². The van der Waals surface area contributed by atoms with Gasteiger partial charge in [0, 0.05) is 50.2 Å². The minimum absolute atomic E-state index is 0. The third-order valence-electron chi connectivity index (χ3n) is 3.86. The molecule has 0 aliphatic heterocycles. The summed E-state index contributed by atoms with van der Waals surface area (Å²) in [4.78, 5) is 18.8. The number of aromatic amines is 1. The van der Waals surface area contributed by atoms with Gasteiger partial charge in [0.25, 0.3) is 0 Å². The fourth-order valence-electron chi connectivity index (χ4n) is 2.54. The first-order chi connectivity index (χ1) is 12.1. The molecule has 8 heteroatoms. The molecule has 0 atom stereocenters. The molecule has 2 aromatic rings. The summed E-state index contributed by atoms with van der Waals surface area (Å²) in [6, 6.07) is 4.73. The summed E-state index contributed by atoms with van der Waals surface area (Å²) in [7, 11) is 1.69. The molecule has 0 unspecified atom stereocenters. The van der Waals surface area contributed by atoms with Gasteiger partial charge in [-0.05, 0) is 36.6 Å². The van der Waals surface area contributed by atoms with Gasteiger partial charge in [-0.15, -0.1) is 24.0 Å².